The van der Waals surface area contributed by atoms with E-state index in [0.29, 0.717) is 19.3 Å². The molecule has 9 heteroatoms. The first-order valence-electron chi connectivity index (χ1n) is 19.2. The van der Waals surface area contributed by atoms with E-state index >= 15 is 0 Å². The number of carbonyl (C=O) groups excluding carboxylic acids is 2. The molecule has 0 aliphatic carbocycles. The van der Waals surface area contributed by atoms with Crippen LogP contribution in [0.1, 0.15) is 155 Å². The van der Waals surface area contributed by atoms with Crippen LogP contribution in [0.15, 0.2) is 72.9 Å². The lowest BCUT2D eigenvalue weighted by molar-refractivity contribution is -0.161. The summed E-state index contributed by atoms with van der Waals surface area (Å²) in [6, 6.07) is 0. The van der Waals surface area contributed by atoms with Crippen molar-refractivity contribution < 1.29 is 37.9 Å². The van der Waals surface area contributed by atoms with Gasteiger partial charge in [0.2, 0.25) is 0 Å². The highest BCUT2D eigenvalue weighted by molar-refractivity contribution is 7.46. The van der Waals surface area contributed by atoms with Crippen molar-refractivity contribution in [3.8, 4) is 0 Å². The zero-order valence-electron chi connectivity index (χ0n) is 31.3. The first-order valence-corrected chi connectivity index (χ1v) is 20.8. The minimum Gasteiger partial charge on any atom is -0.462 e. The van der Waals surface area contributed by atoms with Crippen LogP contribution in [-0.2, 0) is 28.2 Å². The lowest BCUT2D eigenvalue weighted by atomic mass is 10.1. The van der Waals surface area contributed by atoms with E-state index in [0.717, 1.165) is 64.2 Å². The predicted octanol–water partition coefficient (Wildman–Crippen LogP) is 11.5. The first-order chi connectivity index (χ1) is 24.3. The maximum Gasteiger partial charge on any atom is 0.469 e. The number of rotatable bonds is 34. The summed E-state index contributed by atoms with van der Waals surface area (Å²) in [5, 5.41) is 0. The van der Waals surface area contributed by atoms with E-state index in [2.05, 4.69) is 79.1 Å². The van der Waals surface area contributed by atoms with E-state index < -0.39 is 32.5 Å². The minimum atomic E-state index is -4.77. The molecule has 1 atom stereocenters. The molecular formula is C41H69O8P. The molecule has 0 saturated heterocycles. The van der Waals surface area contributed by atoms with Gasteiger partial charge in [0.15, 0.2) is 6.10 Å². The Morgan fingerprint density at radius 2 is 0.980 bits per heavy atom. The Balaban J connectivity index is 4.10. The zero-order chi connectivity index (χ0) is 36.8. The molecule has 0 bridgehead atoms. The van der Waals surface area contributed by atoms with Gasteiger partial charge in [-0.2, -0.15) is 0 Å². The molecule has 2 N–H and O–H groups in total. The van der Waals surface area contributed by atoms with Crippen LogP contribution < -0.4 is 0 Å². The molecule has 0 heterocycles. The third kappa shape index (κ3) is 38.3. The molecular weight excluding hydrogens is 651 g/mol. The summed E-state index contributed by atoms with van der Waals surface area (Å²) >= 11 is 0. The number of hydrogen-bond acceptors (Lipinski definition) is 6. The van der Waals surface area contributed by atoms with E-state index in [9.17, 15) is 14.2 Å². The standard InChI is InChI=1S/C41H69O8P/c1-3-5-7-9-11-13-15-17-19-20-22-24-26-28-30-32-34-36-41(43)49-39(38-48-50(44,45)46)37-47-40(42)35-33-31-29-27-25-23-21-18-16-14-12-10-8-6-4-2/h5,7,11,13,17-19,21-22,24,28,30,39H,3-4,6,8-10,12,14-16,20,23,25-27,29,31-38H2,1-2H3,(H2,44,45,46)/b7-5-,13-11-,19-17-,21-18-,24-22-,30-28-/t39-/m1/s1. The molecule has 0 saturated carbocycles. The van der Waals surface area contributed by atoms with Gasteiger partial charge in [0.05, 0.1) is 6.61 Å². The molecule has 8 nitrogen and oxygen atoms in total. The maximum atomic E-state index is 12.3. The van der Waals surface area contributed by atoms with Gasteiger partial charge < -0.3 is 19.3 Å². The Morgan fingerprint density at radius 1 is 0.540 bits per heavy atom. The molecule has 0 unspecified atom stereocenters. The summed E-state index contributed by atoms with van der Waals surface area (Å²) < 4.78 is 26.3. The molecule has 286 valence electrons. The highest BCUT2D eigenvalue weighted by Gasteiger charge is 2.22. The number of carbonyl (C=O) groups is 2. The highest BCUT2D eigenvalue weighted by atomic mass is 31.2. The SMILES string of the molecule is CC/C=C\C/C=C\C/C=C\C/C=C\C/C=C\CCCC(=O)O[C@H](COC(=O)CCCCCCC/C=C\CCCCCCCC)COP(=O)(O)O. The van der Waals surface area contributed by atoms with Crippen molar-refractivity contribution in [2.75, 3.05) is 13.2 Å². The smallest absolute Gasteiger partial charge is 0.462 e. The highest BCUT2D eigenvalue weighted by Crippen LogP contribution is 2.35. The van der Waals surface area contributed by atoms with Crippen LogP contribution in [0.3, 0.4) is 0 Å². The second-order valence-corrected chi connectivity index (χ2v) is 13.8. The topological polar surface area (TPSA) is 119 Å². The van der Waals surface area contributed by atoms with Crippen LogP contribution in [0.2, 0.25) is 0 Å². The van der Waals surface area contributed by atoms with Crippen molar-refractivity contribution in [2.24, 2.45) is 0 Å². The fraction of sp³-hybridized carbons (Fsp3) is 0.659. The van der Waals surface area contributed by atoms with Gasteiger partial charge >= 0.3 is 19.8 Å². The molecule has 0 aromatic heterocycles. The summed E-state index contributed by atoms with van der Waals surface area (Å²) in [6.07, 6.45) is 46.3. The van der Waals surface area contributed by atoms with E-state index in [1.165, 1.54) is 44.9 Å². The van der Waals surface area contributed by atoms with Crippen molar-refractivity contribution in [3.63, 3.8) is 0 Å². The Labute approximate surface area is 304 Å². The van der Waals surface area contributed by atoms with Gasteiger partial charge in [0.25, 0.3) is 0 Å². The van der Waals surface area contributed by atoms with Gasteiger partial charge in [-0.1, -0.05) is 138 Å². The number of esters is 2. The second-order valence-electron chi connectivity index (χ2n) is 12.5. The average Bonchev–Trinajstić information content (AvgIpc) is 3.08. The summed E-state index contributed by atoms with van der Waals surface area (Å²) in [7, 11) is -4.77. The van der Waals surface area contributed by atoms with Gasteiger partial charge in [-0.3, -0.25) is 14.1 Å². The Hall–Kier alpha value is -2.51. The van der Waals surface area contributed by atoms with Crippen molar-refractivity contribution >= 4 is 19.8 Å². The zero-order valence-corrected chi connectivity index (χ0v) is 32.2. The molecule has 0 aliphatic rings. The summed E-state index contributed by atoms with van der Waals surface area (Å²) in [6.45, 7) is 3.49. The number of phosphoric ester groups is 1. The molecule has 0 radical (unpaired) electrons. The predicted molar refractivity (Wildman–Crippen MR) is 207 cm³/mol. The van der Waals surface area contributed by atoms with Crippen LogP contribution in [0.5, 0.6) is 0 Å². The lowest BCUT2D eigenvalue weighted by Gasteiger charge is -2.18. The molecule has 0 fully saturated rings. The average molecular weight is 721 g/mol. The fourth-order valence-electron chi connectivity index (χ4n) is 4.87. The minimum absolute atomic E-state index is 0.129. The largest absolute Gasteiger partial charge is 0.469 e. The molecule has 0 aromatic carbocycles. The number of phosphoric acid groups is 1. The summed E-state index contributed by atoms with van der Waals surface area (Å²) in [4.78, 5) is 42.7. The van der Waals surface area contributed by atoms with Crippen LogP contribution >= 0.6 is 7.82 Å². The quantitative estimate of drug-likeness (QED) is 0.0292. The molecule has 0 rings (SSSR count). The first kappa shape index (κ1) is 47.5. The third-order valence-electron chi connectivity index (χ3n) is 7.71. The van der Waals surface area contributed by atoms with Crippen molar-refractivity contribution in [1.82, 2.24) is 0 Å². The van der Waals surface area contributed by atoms with E-state index in [1.54, 1.807) is 0 Å². The second kappa shape index (κ2) is 36.3. The number of ether oxygens (including phenoxy) is 2. The van der Waals surface area contributed by atoms with Crippen molar-refractivity contribution in [1.29, 1.82) is 0 Å². The van der Waals surface area contributed by atoms with Crippen LogP contribution in [0.25, 0.3) is 0 Å². The van der Waals surface area contributed by atoms with E-state index in [-0.39, 0.29) is 19.4 Å². The summed E-state index contributed by atoms with van der Waals surface area (Å²) in [5.41, 5.74) is 0. The molecule has 50 heavy (non-hydrogen) atoms. The Kier molecular flexibility index (Phi) is 34.5. The maximum absolute atomic E-state index is 12.3. The van der Waals surface area contributed by atoms with E-state index in [4.69, 9.17) is 19.3 Å². The third-order valence-corrected chi connectivity index (χ3v) is 8.19. The Morgan fingerprint density at radius 3 is 1.52 bits per heavy atom. The van der Waals surface area contributed by atoms with Crippen molar-refractivity contribution in [2.45, 2.75) is 161 Å². The summed E-state index contributed by atoms with van der Waals surface area (Å²) in [5.74, 6) is -0.969. The molecule has 0 aliphatic heterocycles. The van der Waals surface area contributed by atoms with Gasteiger partial charge in [-0.25, -0.2) is 4.57 Å². The lowest BCUT2D eigenvalue weighted by Crippen LogP contribution is -2.29. The Bertz CT molecular complexity index is 1040. The molecule has 0 amide bonds. The van der Waals surface area contributed by atoms with Gasteiger partial charge in [-0.05, 0) is 77.0 Å². The monoisotopic (exact) mass is 720 g/mol. The van der Waals surface area contributed by atoms with Crippen molar-refractivity contribution in [3.05, 3.63) is 72.9 Å². The molecule has 0 spiro atoms. The van der Waals surface area contributed by atoms with Crippen LogP contribution in [0, 0.1) is 0 Å². The van der Waals surface area contributed by atoms with Gasteiger partial charge in [0, 0.05) is 12.8 Å². The normalized spacial score (nSPS) is 13.3. The number of allylic oxidation sites excluding steroid dienone is 12. The van der Waals surface area contributed by atoms with Gasteiger partial charge in [-0.15, -0.1) is 0 Å². The van der Waals surface area contributed by atoms with E-state index in [1.807, 2.05) is 12.2 Å². The number of unbranched alkanes of at least 4 members (excludes halogenated alkanes) is 12. The number of hydrogen-bond donors (Lipinski definition) is 2. The van der Waals surface area contributed by atoms with Gasteiger partial charge in [0.1, 0.15) is 6.61 Å². The van der Waals surface area contributed by atoms with Crippen LogP contribution in [0.4, 0.5) is 0 Å². The molecule has 0 aromatic rings. The fourth-order valence-corrected chi connectivity index (χ4v) is 5.23. The van der Waals surface area contributed by atoms with Crippen LogP contribution in [-0.4, -0.2) is 41.0 Å².